The Morgan fingerprint density at radius 1 is 0.978 bits per heavy atom. The number of rotatable bonds is 8. The SMILES string of the molecule is COc1ncccc1Nc1cc2nc3ccccc3n(-c3ccc(OC(F)(F)F)cc3)c-2c/c1=N\C1CCN(CC(C)C)CC1. The molecule has 1 saturated heterocycles. The van der Waals surface area contributed by atoms with Crippen molar-refractivity contribution in [1.29, 1.82) is 0 Å². The zero-order chi connectivity index (χ0) is 31.6. The smallest absolute Gasteiger partial charge is 0.480 e. The number of hydrogen-bond donors (Lipinski definition) is 1. The van der Waals surface area contributed by atoms with Crippen molar-refractivity contribution >= 4 is 22.4 Å². The van der Waals surface area contributed by atoms with Crippen LogP contribution < -0.4 is 20.1 Å². The van der Waals surface area contributed by atoms with Crippen LogP contribution in [0.25, 0.3) is 28.1 Å². The first kappa shape index (κ1) is 30.4. The molecule has 1 aromatic heterocycles. The van der Waals surface area contributed by atoms with Gasteiger partial charge in [0.25, 0.3) is 0 Å². The van der Waals surface area contributed by atoms with Gasteiger partial charge in [0, 0.05) is 31.5 Å². The predicted molar refractivity (Wildman–Crippen MR) is 168 cm³/mol. The molecule has 3 heterocycles. The molecule has 11 heteroatoms. The Bertz CT molecular complexity index is 1810. The summed E-state index contributed by atoms with van der Waals surface area (Å²) in [6.45, 7) is 7.51. The normalized spacial score (nSPS) is 15.2. The lowest BCUT2D eigenvalue weighted by Crippen LogP contribution is -2.38. The Kier molecular flexibility index (Phi) is 8.62. The van der Waals surface area contributed by atoms with Crippen LogP contribution in [0.15, 0.2) is 84.0 Å². The van der Waals surface area contributed by atoms with Gasteiger partial charge in [-0.25, -0.2) is 9.97 Å². The maximum atomic E-state index is 12.9. The standard InChI is InChI=1S/C34H35F3N6O2/c1-22(2)21-42-17-14-23(15-18-42)39-29-20-32-30(19-28(29)41-27-8-6-16-38-33(27)44-3)40-26-7-4-5-9-31(26)43(32)24-10-12-25(13-11-24)45-34(35,36)37/h4-13,16,19-20,22-23,41H,14-15,17-18,21H2,1-3H3/b39-29+. The molecule has 6 rings (SSSR count). The summed E-state index contributed by atoms with van der Waals surface area (Å²) in [6.07, 6.45) is -1.22. The quantitative estimate of drug-likeness (QED) is 0.186. The summed E-state index contributed by atoms with van der Waals surface area (Å²) >= 11 is 0. The number of anilines is 2. The Labute approximate surface area is 259 Å². The number of piperidine rings is 1. The third-order valence-corrected chi connectivity index (χ3v) is 7.76. The molecule has 0 amide bonds. The molecule has 0 bridgehead atoms. The maximum Gasteiger partial charge on any atom is 0.573 e. The number of benzene rings is 3. The molecule has 2 aromatic carbocycles. The van der Waals surface area contributed by atoms with E-state index >= 15 is 0 Å². The van der Waals surface area contributed by atoms with Crippen LogP contribution in [0, 0.1) is 5.92 Å². The van der Waals surface area contributed by atoms with Gasteiger partial charge in [0.2, 0.25) is 5.88 Å². The molecule has 1 aliphatic carbocycles. The van der Waals surface area contributed by atoms with Gasteiger partial charge in [-0.2, -0.15) is 0 Å². The van der Waals surface area contributed by atoms with Crippen molar-refractivity contribution in [1.82, 2.24) is 19.4 Å². The Morgan fingerprint density at radius 3 is 2.44 bits per heavy atom. The molecule has 234 valence electrons. The molecule has 45 heavy (non-hydrogen) atoms. The second-order valence-electron chi connectivity index (χ2n) is 11.6. The fourth-order valence-corrected chi connectivity index (χ4v) is 5.86. The summed E-state index contributed by atoms with van der Waals surface area (Å²) in [5.74, 6) is 0.773. The molecular formula is C34H35F3N6O2. The lowest BCUT2D eigenvalue weighted by Gasteiger charge is -2.31. The summed E-state index contributed by atoms with van der Waals surface area (Å²) in [4.78, 5) is 17.1. The highest BCUT2D eigenvalue weighted by Crippen LogP contribution is 2.33. The molecule has 0 spiro atoms. The van der Waals surface area contributed by atoms with Gasteiger partial charge < -0.3 is 24.3 Å². The van der Waals surface area contributed by atoms with Crippen LogP contribution in [0.2, 0.25) is 0 Å². The van der Waals surface area contributed by atoms with E-state index in [-0.39, 0.29) is 11.8 Å². The minimum absolute atomic E-state index is 0.128. The van der Waals surface area contributed by atoms with E-state index in [2.05, 4.69) is 33.8 Å². The first-order valence-electron chi connectivity index (χ1n) is 15.0. The number of aromatic nitrogens is 3. The van der Waals surface area contributed by atoms with Gasteiger partial charge >= 0.3 is 6.36 Å². The monoisotopic (exact) mass is 616 g/mol. The van der Waals surface area contributed by atoms with Crippen LogP contribution in [0.4, 0.5) is 24.5 Å². The van der Waals surface area contributed by atoms with E-state index in [9.17, 15) is 13.2 Å². The Hall–Kier alpha value is -4.64. The lowest BCUT2D eigenvalue weighted by molar-refractivity contribution is -0.274. The summed E-state index contributed by atoms with van der Waals surface area (Å²) in [6, 6.07) is 21.3. The minimum Gasteiger partial charge on any atom is -0.480 e. The van der Waals surface area contributed by atoms with Crippen molar-refractivity contribution in [3.63, 3.8) is 0 Å². The van der Waals surface area contributed by atoms with Gasteiger partial charge in [0.15, 0.2) is 0 Å². The van der Waals surface area contributed by atoms with Crippen LogP contribution >= 0.6 is 0 Å². The van der Waals surface area contributed by atoms with E-state index in [1.165, 1.54) is 12.1 Å². The number of alkyl halides is 3. The van der Waals surface area contributed by atoms with Crippen LogP contribution in [0.5, 0.6) is 11.6 Å². The maximum absolute atomic E-state index is 12.9. The molecule has 2 aliphatic heterocycles. The van der Waals surface area contributed by atoms with Gasteiger partial charge in [0.1, 0.15) is 11.4 Å². The van der Waals surface area contributed by atoms with Crippen LogP contribution in [-0.2, 0) is 0 Å². The molecular weight excluding hydrogens is 581 g/mol. The predicted octanol–water partition coefficient (Wildman–Crippen LogP) is 7.20. The average Bonchev–Trinajstić information content (AvgIpc) is 3.01. The van der Waals surface area contributed by atoms with E-state index in [1.54, 1.807) is 25.4 Å². The topological polar surface area (TPSA) is 76.8 Å². The largest absolute Gasteiger partial charge is 0.573 e. The first-order valence-corrected chi connectivity index (χ1v) is 15.0. The molecule has 0 unspecified atom stereocenters. The third kappa shape index (κ3) is 7.04. The number of nitrogens with zero attached hydrogens (tertiary/aromatic N) is 5. The van der Waals surface area contributed by atoms with E-state index in [1.807, 2.05) is 53.1 Å². The summed E-state index contributed by atoms with van der Waals surface area (Å²) in [5.41, 5.74) is 5.08. The minimum atomic E-state index is -4.77. The number of para-hydroxylation sites is 2. The van der Waals surface area contributed by atoms with Gasteiger partial charge in [-0.3, -0.25) is 4.99 Å². The van der Waals surface area contributed by atoms with Gasteiger partial charge in [-0.15, -0.1) is 13.2 Å². The second kappa shape index (κ2) is 12.8. The van der Waals surface area contributed by atoms with Crippen molar-refractivity contribution < 1.29 is 22.6 Å². The highest BCUT2D eigenvalue weighted by Gasteiger charge is 2.31. The van der Waals surface area contributed by atoms with E-state index in [0.717, 1.165) is 60.2 Å². The van der Waals surface area contributed by atoms with E-state index < -0.39 is 6.36 Å². The van der Waals surface area contributed by atoms with E-state index in [4.69, 9.17) is 14.7 Å². The Morgan fingerprint density at radius 2 is 1.73 bits per heavy atom. The number of halogens is 3. The lowest BCUT2D eigenvalue weighted by atomic mass is 10.0. The molecule has 0 atom stereocenters. The highest BCUT2D eigenvalue weighted by molar-refractivity contribution is 5.84. The van der Waals surface area contributed by atoms with Gasteiger partial charge in [-0.05, 0) is 79.4 Å². The zero-order valence-electron chi connectivity index (χ0n) is 25.4. The van der Waals surface area contributed by atoms with Crippen LogP contribution in [0.1, 0.15) is 26.7 Å². The molecule has 1 N–H and O–H groups in total. The number of hydrogen-bond acceptors (Lipinski definition) is 7. The first-order chi connectivity index (χ1) is 21.7. The summed E-state index contributed by atoms with van der Waals surface area (Å²) in [5, 5.41) is 4.23. The second-order valence-corrected chi connectivity index (χ2v) is 11.6. The van der Waals surface area contributed by atoms with Crippen molar-refractivity contribution in [2.45, 2.75) is 39.1 Å². The highest BCUT2D eigenvalue weighted by atomic mass is 19.4. The summed E-state index contributed by atoms with van der Waals surface area (Å²) in [7, 11) is 1.58. The number of methoxy groups -OCH3 is 1. The van der Waals surface area contributed by atoms with Crippen molar-refractivity contribution in [2.24, 2.45) is 10.9 Å². The number of fused-ring (bicyclic) bond motifs is 2. The van der Waals surface area contributed by atoms with Gasteiger partial charge in [0.05, 0.1) is 46.6 Å². The third-order valence-electron chi connectivity index (χ3n) is 7.76. The van der Waals surface area contributed by atoms with Gasteiger partial charge in [-0.1, -0.05) is 26.0 Å². The van der Waals surface area contributed by atoms with Crippen LogP contribution in [-0.4, -0.2) is 58.6 Å². The molecule has 3 aromatic rings. The molecule has 0 radical (unpaired) electrons. The number of ether oxygens (including phenoxy) is 2. The fourth-order valence-electron chi connectivity index (χ4n) is 5.86. The van der Waals surface area contributed by atoms with Crippen molar-refractivity contribution in [3.05, 3.63) is 84.4 Å². The molecule has 0 saturated carbocycles. The van der Waals surface area contributed by atoms with Crippen molar-refractivity contribution in [3.8, 4) is 28.7 Å². The zero-order valence-corrected chi connectivity index (χ0v) is 25.4. The molecule has 3 aliphatic rings. The van der Waals surface area contributed by atoms with E-state index in [0.29, 0.717) is 28.9 Å². The summed E-state index contributed by atoms with van der Waals surface area (Å²) < 4.78 is 50.2. The number of likely N-dealkylation sites (tertiary alicyclic amines) is 1. The average molecular weight is 617 g/mol. The van der Waals surface area contributed by atoms with Crippen molar-refractivity contribution in [2.75, 3.05) is 32.1 Å². The number of nitrogens with one attached hydrogen (secondary N) is 1. The molecule has 1 fully saturated rings. The molecule has 8 nitrogen and oxygen atoms in total. The number of pyridine rings is 1. The Balaban J connectivity index is 1.50. The van der Waals surface area contributed by atoms with Crippen LogP contribution in [0.3, 0.4) is 0 Å². The fraction of sp³-hybridized carbons (Fsp3) is 0.324.